The largest absolute Gasteiger partial charge is 0.483 e. The van der Waals surface area contributed by atoms with Gasteiger partial charge < -0.3 is 19.5 Å². The molecule has 1 saturated heterocycles. The minimum Gasteiger partial charge on any atom is -0.483 e. The molecule has 128 valence electrons. The standard InChI is InChI=1S/C16H18BrFN4O2/c1-21-6-5-20-16(21)13-9-19-4-7-22(13)15(23)10-24-14-3-2-11(18)8-12(14)17/h2-3,5-6,8,13,19H,4,7,9-10H2,1H3. The number of hydrogen-bond acceptors (Lipinski definition) is 4. The first kappa shape index (κ1) is 16.9. The van der Waals surface area contributed by atoms with E-state index in [0.717, 1.165) is 12.4 Å². The van der Waals surface area contributed by atoms with Gasteiger partial charge in [0.25, 0.3) is 5.91 Å². The minimum absolute atomic E-state index is 0.106. The molecule has 24 heavy (non-hydrogen) atoms. The van der Waals surface area contributed by atoms with Gasteiger partial charge in [-0.2, -0.15) is 0 Å². The van der Waals surface area contributed by atoms with Crippen LogP contribution in [0.4, 0.5) is 4.39 Å². The van der Waals surface area contributed by atoms with Gasteiger partial charge in [-0.25, -0.2) is 9.37 Å². The number of carbonyl (C=O) groups excluding carboxylic acids is 1. The summed E-state index contributed by atoms with van der Waals surface area (Å²) in [5.74, 6) is 0.783. The molecule has 1 N–H and O–H groups in total. The first-order chi connectivity index (χ1) is 11.6. The second-order valence-electron chi connectivity index (χ2n) is 5.57. The Labute approximate surface area is 147 Å². The molecule has 0 saturated carbocycles. The van der Waals surface area contributed by atoms with Crippen LogP contribution >= 0.6 is 15.9 Å². The second kappa shape index (κ2) is 7.31. The molecule has 1 fully saturated rings. The van der Waals surface area contributed by atoms with Gasteiger partial charge in [0.1, 0.15) is 23.4 Å². The molecule has 8 heteroatoms. The van der Waals surface area contributed by atoms with E-state index in [1.165, 1.54) is 18.2 Å². The Balaban J connectivity index is 1.69. The summed E-state index contributed by atoms with van der Waals surface area (Å²) in [6, 6.07) is 3.97. The number of amides is 1. The molecule has 1 aliphatic heterocycles. The summed E-state index contributed by atoms with van der Waals surface area (Å²) in [5, 5.41) is 3.29. The minimum atomic E-state index is -0.363. The molecule has 1 aromatic carbocycles. The summed E-state index contributed by atoms with van der Waals surface area (Å²) in [6.07, 6.45) is 3.58. The van der Waals surface area contributed by atoms with E-state index in [4.69, 9.17) is 4.74 Å². The highest BCUT2D eigenvalue weighted by atomic mass is 79.9. The molecule has 1 atom stereocenters. The van der Waals surface area contributed by atoms with E-state index >= 15 is 0 Å². The molecule has 2 aromatic rings. The molecule has 1 aromatic heterocycles. The molecule has 1 amide bonds. The summed E-state index contributed by atoms with van der Waals surface area (Å²) in [7, 11) is 1.91. The highest BCUT2D eigenvalue weighted by Gasteiger charge is 2.30. The van der Waals surface area contributed by atoms with Crippen molar-refractivity contribution in [1.82, 2.24) is 19.8 Å². The Kier molecular flexibility index (Phi) is 5.15. The predicted octanol–water partition coefficient (Wildman–Crippen LogP) is 1.87. The highest BCUT2D eigenvalue weighted by molar-refractivity contribution is 9.10. The fraction of sp³-hybridized carbons (Fsp3) is 0.375. The maximum absolute atomic E-state index is 13.1. The molecule has 1 unspecified atom stereocenters. The first-order valence-electron chi connectivity index (χ1n) is 7.61. The van der Waals surface area contributed by atoms with Crippen molar-refractivity contribution in [1.29, 1.82) is 0 Å². The molecule has 2 heterocycles. The monoisotopic (exact) mass is 396 g/mol. The summed E-state index contributed by atoms with van der Waals surface area (Å²) in [4.78, 5) is 18.7. The SMILES string of the molecule is Cn1ccnc1C1CNCCN1C(=O)COc1ccc(F)cc1Br. The molecule has 0 bridgehead atoms. The van der Waals surface area contributed by atoms with Crippen LogP contribution in [0.25, 0.3) is 0 Å². The number of nitrogens with zero attached hydrogens (tertiary/aromatic N) is 3. The normalized spacial score (nSPS) is 17.8. The Hall–Kier alpha value is -1.93. The summed E-state index contributed by atoms with van der Waals surface area (Å²) in [5.41, 5.74) is 0. The number of rotatable bonds is 4. The fourth-order valence-corrected chi connectivity index (χ4v) is 3.21. The van der Waals surface area contributed by atoms with Crippen LogP contribution in [0.3, 0.4) is 0 Å². The number of imidazole rings is 1. The van der Waals surface area contributed by atoms with Crippen molar-refractivity contribution < 1.29 is 13.9 Å². The van der Waals surface area contributed by atoms with E-state index in [1.54, 1.807) is 11.1 Å². The van der Waals surface area contributed by atoms with Crippen LogP contribution in [-0.4, -0.2) is 46.6 Å². The number of hydrogen-bond donors (Lipinski definition) is 1. The summed E-state index contributed by atoms with van der Waals surface area (Å²) in [6.45, 7) is 1.86. The smallest absolute Gasteiger partial charge is 0.261 e. The molecule has 0 spiro atoms. The molecule has 0 aliphatic carbocycles. The zero-order chi connectivity index (χ0) is 17.1. The van der Waals surface area contributed by atoms with Gasteiger partial charge in [0, 0.05) is 39.1 Å². The number of nitrogens with one attached hydrogen (secondary N) is 1. The van der Waals surface area contributed by atoms with E-state index < -0.39 is 0 Å². The zero-order valence-electron chi connectivity index (χ0n) is 13.2. The van der Waals surface area contributed by atoms with Crippen molar-refractivity contribution in [3.05, 3.63) is 46.7 Å². The van der Waals surface area contributed by atoms with Crippen molar-refractivity contribution in [2.75, 3.05) is 26.2 Å². The van der Waals surface area contributed by atoms with E-state index in [-0.39, 0.29) is 24.4 Å². The van der Waals surface area contributed by atoms with Crippen molar-refractivity contribution in [3.8, 4) is 5.75 Å². The molecular weight excluding hydrogens is 379 g/mol. The van der Waals surface area contributed by atoms with Crippen LogP contribution in [0, 0.1) is 5.82 Å². The van der Waals surface area contributed by atoms with Crippen LogP contribution in [0.2, 0.25) is 0 Å². The predicted molar refractivity (Wildman–Crippen MR) is 90.1 cm³/mol. The van der Waals surface area contributed by atoms with Crippen molar-refractivity contribution in [2.24, 2.45) is 7.05 Å². The molecule has 6 nitrogen and oxygen atoms in total. The quantitative estimate of drug-likeness (QED) is 0.856. The Morgan fingerprint density at radius 1 is 1.54 bits per heavy atom. The number of benzene rings is 1. The number of ether oxygens (including phenoxy) is 1. The fourth-order valence-electron chi connectivity index (χ4n) is 2.75. The molecule has 1 aliphatic rings. The third-order valence-corrected chi connectivity index (χ3v) is 4.59. The van der Waals surface area contributed by atoms with Gasteiger partial charge in [-0.1, -0.05) is 0 Å². The van der Waals surface area contributed by atoms with Gasteiger partial charge in [0.05, 0.1) is 4.47 Å². The lowest BCUT2D eigenvalue weighted by atomic mass is 10.1. The summed E-state index contributed by atoms with van der Waals surface area (Å²) >= 11 is 3.23. The van der Waals surface area contributed by atoms with Gasteiger partial charge in [0.15, 0.2) is 6.61 Å². The zero-order valence-corrected chi connectivity index (χ0v) is 14.8. The van der Waals surface area contributed by atoms with Gasteiger partial charge in [-0.05, 0) is 34.1 Å². The Morgan fingerprint density at radius 2 is 2.38 bits per heavy atom. The van der Waals surface area contributed by atoms with Crippen molar-refractivity contribution >= 4 is 21.8 Å². The Morgan fingerprint density at radius 3 is 3.08 bits per heavy atom. The average Bonchev–Trinajstić information content (AvgIpc) is 2.99. The number of piperazine rings is 1. The molecule has 0 radical (unpaired) electrons. The van der Waals surface area contributed by atoms with Crippen molar-refractivity contribution in [3.63, 3.8) is 0 Å². The van der Waals surface area contributed by atoms with E-state index in [9.17, 15) is 9.18 Å². The maximum Gasteiger partial charge on any atom is 0.261 e. The molecule has 3 rings (SSSR count). The lowest BCUT2D eigenvalue weighted by Gasteiger charge is -2.35. The van der Waals surface area contributed by atoms with Gasteiger partial charge in [0.2, 0.25) is 0 Å². The van der Waals surface area contributed by atoms with Gasteiger partial charge in [-0.3, -0.25) is 4.79 Å². The number of carbonyl (C=O) groups is 1. The van der Waals surface area contributed by atoms with Gasteiger partial charge >= 0.3 is 0 Å². The van der Waals surface area contributed by atoms with E-state index in [2.05, 4.69) is 26.2 Å². The second-order valence-corrected chi connectivity index (χ2v) is 6.42. The Bertz CT molecular complexity index is 737. The van der Waals surface area contributed by atoms with Crippen LogP contribution in [0.1, 0.15) is 11.9 Å². The van der Waals surface area contributed by atoms with Crippen LogP contribution in [0.15, 0.2) is 35.1 Å². The maximum atomic E-state index is 13.1. The summed E-state index contributed by atoms with van der Waals surface area (Å²) < 4.78 is 21.1. The lowest BCUT2D eigenvalue weighted by molar-refractivity contribution is -0.137. The van der Waals surface area contributed by atoms with Crippen LogP contribution < -0.4 is 10.1 Å². The number of aromatic nitrogens is 2. The third-order valence-electron chi connectivity index (χ3n) is 3.97. The number of halogens is 2. The highest BCUT2D eigenvalue weighted by Crippen LogP contribution is 2.26. The van der Waals surface area contributed by atoms with Crippen LogP contribution in [0.5, 0.6) is 5.75 Å². The average molecular weight is 397 g/mol. The third kappa shape index (κ3) is 3.59. The lowest BCUT2D eigenvalue weighted by Crippen LogP contribution is -2.50. The van der Waals surface area contributed by atoms with Gasteiger partial charge in [-0.15, -0.1) is 0 Å². The topological polar surface area (TPSA) is 59.4 Å². The first-order valence-corrected chi connectivity index (χ1v) is 8.41. The number of aryl methyl sites for hydroxylation is 1. The van der Waals surface area contributed by atoms with Crippen molar-refractivity contribution in [2.45, 2.75) is 6.04 Å². The van der Waals surface area contributed by atoms with E-state index in [1.807, 2.05) is 17.8 Å². The van der Waals surface area contributed by atoms with E-state index in [0.29, 0.717) is 23.3 Å². The molecular formula is C16H18BrFN4O2. The van der Waals surface area contributed by atoms with Crippen LogP contribution in [-0.2, 0) is 11.8 Å².